The van der Waals surface area contributed by atoms with E-state index in [2.05, 4.69) is 0 Å². The Morgan fingerprint density at radius 2 is 1.41 bits per heavy atom. The summed E-state index contributed by atoms with van der Waals surface area (Å²) < 4.78 is 86.1. The van der Waals surface area contributed by atoms with Gasteiger partial charge in [-0.3, -0.25) is 0 Å². The van der Waals surface area contributed by atoms with Gasteiger partial charge in [0.1, 0.15) is 11.7 Å². The maximum atomic E-state index is 13.2. The minimum atomic E-state index is -5.78. The van der Waals surface area contributed by atoms with Gasteiger partial charge < -0.3 is 0 Å². The van der Waals surface area contributed by atoms with Gasteiger partial charge in [0.25, 0.3) is 0 Å². The molecule has 2 atom stereocenters. The van der Waals surface area contributed by atoms with Crippen LogP contribution in [0.1, 0.15) is 11.5 Å². The summed E-state index contributed by atoms with van der Waals surface area (Å²) in [6.07, 6.45) is -5.78. The fourth-order valence-corrected chi connectivity index (χ4v) is 1.80. The van der Waals surface area contributed by atoms with Gasteiger partial charge in [0.2, 0.25) is 0 Å². The van der Waals surface area contributed by atoms with E-state index in [9.17, 15) is 30.7 Å². The fraction of sp³-hybridized carbons (Fsp3) is 0.333. The summed E-state index contributed by atoms with van der Waals surface area (Å²) in [5.41, 5.74) is -5.49. The van der Waals surface area contributed by atoms with E-state index in [-0.39, 0.29) is 0 Å². The second-order valence-electron chi connectivity index (χ2n) is 3.13. The van der Waals surface area contributed by atoms with Crippen LogP contribution in [0.15, 0.2) is 24.3 Å². The summed E-state index contributed by atoms with van der Waals surface area (Å²) >= 11 is 0. The lowest BCUT2D eigenvalue weighted by molar-refractivity contribution is -0.240. The topological polar surface area (TPSA) is 0 Å². The summed E-state index contributed by atoms with van der Waals surface area (Å²) in [6.45, 7) is 0. The normalized spacial score (nSPS) is 15.5. The Kier molecular flexibility index (Phi) is 4.02. The highest BCUT2D eigenvalue weighted by molar-refractivity contribution is 7.39. The molecule has 8 heteroatoms. The second-order valence-corrected chi connectivity index (χ2v) is 4.55. The predicted molar refractivity (Wildman–Crippen MR) is 49.6 cm³/mol. The van der Waals surface area contributed by atoms with Gasteiger partial charge in [-0.1, -0.05) is 12.1 Å². The zero-order valence-corrected chi connectivity index (χ0v) is 9.03. The van der Waals surface area contributed by atoms with Crippen LogP contribution >= 0.6 is 8.58 Å². The van der Waals surface area contributed by atoms with Gasteiger partial charge in [-0.05, 0) is 17.7 Å². The van der Waals surface area contributed by atoms with Gasteiger partial charge >= 0.3 is 11.8 Å². The van der Waals surface area contributed by atoms with Crippen LogP contribution in [0.4, 0.5) is 30.7 Å². The molecule has 96 valence electrons. The van der Waals surface area contributed by atoms with E-state index < -0.39 is 37.7 Å². The largest absolute Gasteiger partial charge is 0.457 e. The average molecular weight is 278 g/mol. The molecule has 0 aliphatic heterocycles. The molecule has 2 unspecified atom stereocenters. The van der Waals surface area contributed by atoms with Crippen molar-refractivity contribution >= 4 is 8.58 Å². The molecule has 0 N–H and O–H groups in total. The van der Waals surface area contributed by atoms with Gasteiger partial charge in [0.15, 0.2) is 0 Å². The first-order chi connectivity index (χ1) is 7.63. The molecule has 0 aliphatic carbocycles. The Bertz CT molecular complexity index is 370. The molecule has 0 bridgehead atoms. The molecule has 0 saturated heterocycles. The Morgan fingerprint density at radius 3 is 1.82 bits per heavy atom. The van der Waals surface area contributed by atoms with Crippen LogP contribution in [0.2, 0.25) is 0 Å². The first-order valence-electron chi connectivity index (χ1n) is 4.25. The number of hydrogen-bond donors (Lipinski definition) is 0. The molecule has 1 aromatic carbocycles. The minimum absolute atomic E-state index is 0.409. The van der Waals surface area contributed by atoms with Gasteiger partial charge in [-0.25, -0.2) is 8.78 Å². The van der Waals surface area contributed by atoms with E-state index in [1.807, 2.05) is 0 Å². The highest BCUT2D eigenvalue weighted by atomic mass is 31.1. The van der Waals surface area contributed by atoms with Gasteiger partial charge in [-0.2, -0.15) is 22.0 Å². The third-order valence-electron chi connectivity index (χ3n) is 1.83. The van der Waals surface area contributed by atoms with Crippen LogP contribution in [0, 0.1) is 5.82 Å². The number of hydrogen-bond acceptors (Lipinski definition) is 0. The second kappa shape index (κ2) is 4.80. The van der Waals surface area contributed by atoms with E-state index in [0.29, 0.717) is 0 Å². The monoisotopic (exact) mass is 278 g/mol. The summed E-state index contributed by atoms with van der Waals surface area (Å²) in [5, 5.41) is 0. The molecular weight excluding hydrogens is 272 g/mol. The number of rotatable bonds is 3. The summed E-state index contributed by atoms with van der Waals surface area (Å²) in [5.74, 6) is -3.21. The highest BCUT2D eigenvalue weighted by Gasteiger charge is 2.58. The molecule has 0 aliphatic rings. The first kappa shape index (κ1) is 14.2. The van der Waals surface area contributed by atoms with Crippen molar-refractivity contribution in [1.29, 1.82) is 0 Å². The van der Waals surface area contributed by atoms with E-state index >= 15 is 0 Å². The Balaban J connectivity index is 2.79. The first-order valence-corrected chi connectivity index (χ1v) is 5.33. The molecule has 1 rings (SSSR count). The van der Waals surface area contributed by atoms with Crippen LogP contribution in [-0.4, -0.2) is 11.8 Å². The lowest BCUT2D eigenvalue weighted by atomic mass is 10.2. The van der Waals surface area contributed by atoms with Crippen molar-refractivity contribution in [2.45, 2.75) is 17.8 Å². The van der Waals surface area contributed by atoms with Crippen LogP contribution in [0.5, 0.6) is 0 Å². The summed E-state index contributed by atoms with van der Waals surface area (Å²) in [4.78, 5) is 0. The maximum Gasteiger partial charge on any atom is 0.457 e. The van der Waals surface area contributed by atoms with Crippen LogP contribution < -0.4 is 0 Å². The predicted octanol–water partition coefficient (Wildman–Crippen LogP) is 4.63. The van der Waals surface area contributed by atoms with E-state index in [0.717, 1.165) is 24.3 Å². The van der Waals surface area contributed by atoms with E-state index in [1.165, 1.54) is 0 Å². The van der Waals surface area contributed by atoms with Crippen molar-refractivity contribution in [3.8, 4) is 0 Å². The van der Waals surface area contributed by atoms with Gasteiger partial charge in [-0.15, -0.1) is 0 Å². The van der Waals surface area contributed by atoms with Crippen LogP contribution in [0.25, 0.3) is 0 Å². The van der Waals surface area contributed by atoms with Gasteiger partial charge in [0.05, 0.1) is 0 Å². The third-order valence-corrected chi connectivity index (χ3v) is 3.06. The maximum absolute atomic E-state index is 13.2. The number of halogens is 7. The zero-order chi connectivity index (χ0) is 13.3. The Labute approximate surface area is 93.6 Å². The zero-order valence-electron chi connectivity index (χ0n) is 8.03. The average Bonchev–Trinajstić information content (AvgIpc) is 2.16. The van der Waals surface area contributed by atoms with Crippen molar-refractivity contribution in [2.75, 3.05) is 0 Å². The van der Waals surface area contributed by atoms with Crippen molar-refractivity contribution in [3.63, 3.8) is 0 Å². The number of alkyl halides is 6. The Hall–Kier alpha value is -0.840. The SMILES string of the molecule is Fc1ccc(C(F)PC(F)(F)C(F)(F)F)cc1. The van der Waals surface area contributed by atoms with Crippen molar-refractivity contribution in [3.05, 3.63) is 35.6 Å². The molecule has 0 fully saturated rings. The molecular formula is C9H6F7P. The highest BCUT2D eigenvalue weighted by Crippen LogP contribution is 2.55. The van der Waals surface area contributed by atoms with Crippen molar-refractivity contribution in [1.82, 2.24) is 0 Å². The molecule has 0 heterocycles. The molecule has 0 nitrogen and oxygen atoms in total. The van der Waals surface area contributed by atoms with E-state index in [1.54, 1.807) is 0 Å². The lowest BCUT2D eigenvalue weighted by Gasteiger charge is -2.21. The summed E-state index contributed by atoms with van der Waals surface area (Å²) in [6, 6.07) is 3.25. The molecule has 0 amide bonds. The Morgan fingerprint density at radius 1 is 0.941 bits per heavy atom. The minimum Gasteiger partial charge on any atom is -0.237 e. The summed E-state index contributed by atoms with van der Waals surface area (Å²) in [7, 11) is -2.29. The molecule has 0 radical (unpaired) electrons. The van der Waals surface area contributed by atoms with E-state index in [4.69, 9.17) is 0 Å². The lowest BCUT2D eigenvalue weighted by Crippen LogP contribution is -2.32. The molecule has 0 saturated carbocycles. The quantitative estimate of drug-likeness (QED) is 0.558. The van der Waals surface area contributed by atoms with Crippen LogP contribution in [0.3, 0.4) is 0 Å². The van der Waals surface area contributed by atoms with Crippen LogP contribution in [-0.2, 0) is 0 Å². The standard InChI is InChI=1S/C9H6F7P/c10-6-3-1-5(2-4-6)7(11)17-9(15,16)8(12,13)14/h1-4,7,17H. The van der Waals surface area contributed by atoms with Gasteiger partial charge in [0, 0.05) is 8.58 Å². The molecule has 0 aromatic heterocycles. The van der Waals surface area contributed by atoms with Crippen molar-refractivity contribution < 1.29 is 30.7 Å². The molecule has 17 heavy (non-hydrogen) atoms. The van der Waals surface area contributed by atoms with Crippen molar-refractivity contribution in [2.24, 2.45) is 0 Å². The molecule has 0 spiro atoms. The fourth-order valence-electron chi connectivity index (χ4n) is 0.956. The smallest absolute Gasteiger partial charge is 0.237 e. The molecule has 1 aromatic rings. The number of benzene rings is 1. The third kappa shape index (κ3) is 3.56.